The molecule has 2 aliphatic heterocycles. The van der Waals surface area contributed by atoms with Gasteiger partial charge in [-0.05, 0) is 0 Å². The summed E-state index contributed by atoms with van der Waals surface area (Å²) in [6.45, 7) is 0.484. The van der Waals surface area contributed by atoms with Crippen LogP contribution in [0.1, 0.15) is 18.0 Å². The van der Waals surface area contributed by atoms with Gasteiger partial charge >= 0.3 is 153 Å². The number of rotatable bonds is 3. The molecule has 0 aromatic heterocycles. The number of nitrogens with zero attached hydrogens (tertiary/aromatic N) is 1. The Balaban J connectivity index is 1.66. The van der Waals surface area contributed by atoms with E-state index in [2.05, 4.69) is 15.9 Å². The molecule has 0 spiro atoms. The molecule has 1 unspecified atom stereocenters. The first-order chi connectivity index (χ1) is 11.6. The number of fused-ring (bicyclic) bond motifs is 1. The van der Waals surface area contributed by atoms with Crippen molar-refractivity contribution < 1.29 is 13.4 Å². The molecular weight excluding hydrogens is 437 g/mol. The van der Waals surface area contributed by atoms with Crippen molar-refractivity contribution >= 4 is 40.1 Å². The van der Waals surface area contributed by atoms with Crippen molar-refractivity contribution in [3.05, 3.63) is 66.2 Å². The number of alkyl halides is 1. The number of ether oxygens (including phenoxy) is 1. The molecule has 0 radical (unpaired) electrons. The summed E-state index contributed by atoms with van der Waals surface area (Å²) >= 11 is 0.932. The van der Waals surface area contributed by atoms with E-state index >= 15 is 0 Å². The third kappa shape index (κ3) is 2.49. The van der Waals surface area contributed by atoms with Gasteiger partial charge in [-0.2, -0.15) is 0 Å². The Hall–Kier alpha value is -1.33. The van der Waals surface area contributed by atoms with E-state index in [1.54, 1.807) is 4.90 Å². The van der Waals surface area contributed by atoms with Crippen LogP contribution in [0.5, 0.6) is 0 Å². The normalized spacial score (nSPS) is 30.4. The van der Waals surface area contributed by atoms with Gasteiger partial charge in [0.2, 0.25) is 0 Å². The molecule has 4 rings (SSSR count). The molecule has 24 heavy (non-hydrogen) atoms. The standard InChI is InChI=1S/C18H16BrNO3Se/c19-18(24(22)14-9-5-2-6-10-14)11-16-20(17(18)21)15(12-23-16)13-7-3-1-4-8-13/h1-10,15-16H,11-12H2/t15-,16-,18+,24?/m1/s1. The Morgan fingerprint density at radius 2 is 1.71 bits per heavy atom. The van der Waals surface area contributed by atoms with Crippen molar-refractivity contribution in [1.29, 1.82) is 0 Å². The van der Waals surface area contributed by atoms with Gasteiger partial charge < -0.3 is 0 Å². The molecule has 0 N–H and O–H groups in total. The zero-order chi connectivity index (χ0) is 16.7. The van der Waals surface area contributed by atoms with Crippen molar-refractivity contribution in [3.8, 4) is 0 Å². The Labute approximate surface area is 153 Å². The van der Waals surface area contributed by atoms with Crippen molar-refractivity contribution in [3.63, 3.8) is 0 Å². The second kappa shape index (κ2) is 6.19. The molecular formula is C18H16BrNO3Se. The Kier molecular flexibility index (Phi) is 4.17. The summed E-state index contributed by atoms with van der Waals surface area (Å²) in [5.74, 6) is -0.122. The van der Waals surface area contributed by atoms with E-state index in [4.69, 9.17) is 4.74 Å². The van der Waals surface area contributed by atoms with E-state index in [1.807, 2.05) is 60.7 Å². The maximum absolute atomic E-state index is 13.1. The fourth-order valence-electron chi connectivity index (χ4n) is 3.32. The fraction of sp³-hybridized carbons (Fsp3) is 0.278. The van der Waals surface area contributed by atoms with E-state index in [0.717, 1.165) is 10.0 Å². The first-order valence-electron chi connectivity index (χ1n) is 7.76. The summed E-state index contributed by atoms with van der Waals surface area (Å²) in [4.78, 5) is 14.9. The van der Waals surface area contributed by atoms with Crippen LogP contribution in [0.25, 0.3) is 0 Å². The monoisotopic (exact) mass is 453 g/mol. The van der Waals surface area contributed by atoms with Gasteiger partial charge in [-0.15, -0.1) is 0 Å². The predicted molar refractivity (Wildman–Crippen MR) is 94.6 cm³/mol. The van der Waals surface area contributed by atoms with Crippen LogP contribution in [0.2, 0.25) is 0 Å². The van der Waals surface area contributed by atoms with Crippen LogP contribution < -0.4 is 4.46 Å². The van der Waals surface area contributed by atoms with Crippen LogP contribution in [-0.2, 0) is 13.4 Å². The molecule has 2 heterocycles. The van der Waals surface area contributed by atoms with Gasteiger partial charge in [-0.1, -0.05) is 0 Å². The SMILES string of the molecule is O=C1N2[C@@H](c3ccccc3)CO[C@@H]2C[C@]1(Br)[Se](=O)c1ccccc1. The molecule has 4 nitrogen and oxygen atoms in total. The quantitative estimate of drug-likeness (QED) is 0.530. The number of hydrogen-bond acceptors (Lipinski definition) is 3. The molecule has 0 saturated carbocycles. The third-order valence-corrected chi connectivity index (χ3v) is 10.1. The molecule has 2 fully saturated rings. The Morgan fingerprint density at radius 3 is 2.38 bits per heavy atom. The van der Waals surface area contributed by atoms with Crippen LogP contribution in [0.4, 0.5) is 0 Å². The van der Waals surface area contributed by atoms with E-state index < -0.39 is 17.1 Å². The second-order valence-electron chi connectivity index (χ2n) is 5.94. The van der Waals surface area contributed by atoms with Crippen LogP contribution in [0.15, 0.2) is 60.7 Å². The molecule has 6 heteroatoms. The average molecular weight is 453 g/mol. The molecule has 2 aromatic rings. The van der Waals surface area contributed by atoms with Crippen LogP contribution in [-0.4, -0.2) is 40.7 Å². The van der Waals surface area contributed by atoms with E-state index in [1.165, 1.54) is 0 Å². The number of halogens is 1. The van der Waals surface area contributed by atoms with Crippen molar-refractivity contribution in [2.75, 3.05) is 6.61 Å². The number of amides is 1. The van der Waals surface area contributed by atoms with Gasteiger partial charge in [0.15, 0.2) is 0 Å². The molecule has 124 valence electrons. The number of benzene rings is 2. The summed E-state index contributed by atoms with van der Waals surface area (Å²) in [6.07, 6.45) is 0.101. The van der Waals surface area contributed by atoms with Crippen molar-refractivity contribution in [2.24, 2.45) is 0 Å². The van der Waals surface area contributed by atoms with Crippen LogP contribution in [0, 0.1) is 0 Å². The van der Waals surface area contributed by atoms with Gasteiger partial charge in [-0.25, -0.2) is 0 Å². The van der Waals surface area contributed by atoms with Gasteiger partial charge in [0.05, 0.1) is 0 Å². The number of hydrogen-bond donors (Lipinski definition) is 0. The van der Waals surface area contributed by atoms with Gasteiger partial charge in [0, 0.05) is 0 Å². The first kappa shape index (κ1) is 16.2. The van der Waals surface area contributed by atoms with Crippen molar-refractivity contribution in [1.82, 2.24) is 4.90 Å². The molecule has 2 aromatic carbocycles. The van der Waals surface area contributed by atoms with Gasteiger partial charge in [0.25, 0.3) is 0 Å². The number of carbonyl (C=O) groups excluding carboxylic acids is 1. The maximum atomic E-state index is 13.1. The first-order valence-corrected chi connectivity index (χ1v) is 11.0. The molecule has 0 aliphatic carbocycles. The van der Waals surface area contributed by atoms with E-state index in [0.29, 0.717) is 13.0 Å². The van der Waals surface area contributed by atoms with Crippen molar-refractivity contribution in [2.45, 2.75) is 21.9 Å². The Bertz CT molecular complexity index is 785. The summed E-state index contributed by atoms with van der Waals surface area (Å²) in [5, 5.41) is 0. The molecule has 1 amide bonds. The summed E-state index contributed by atoms with van der Waals surface area (Å²) < 4.78 is 18.7. The third-order valence-electron chi connectivity index (χ3n) is 4.52. The zero-order valence-corrected chi connectivity index (χ0v) is 16.1. The summed E-state index contributed by atoms with van der Waals surface area (Å²) in [6, 6.07) is 19.0. The zero-order valence-electron chi connectivity index (χ0n) is 12.8. The fourth-order valence-corrected chi connectivity index (χ4v) is 7.57. The topological polar surface area (TPSA) is 46.6 Å². The minimum absolute atomic E-state index is 0.113. The molecule has 4 atom stereocenters. The van der Waals surface area contributed by atoms with Crippen LogP contribution in [0.3, 0.4) is 0 Å². The Morgan fingerprint density at radius 1 is 1.08 bits per heavy atom. The molecule has 2 aliphatic rings. The van der Waals surface area contributed by atoms with E-state index in [-0.39, 0.29) is 18.2 Å². The second-order valence-corrected chi connectivity index (χ2v) is 12.1. The van der Waals surface area contributed by atoms with Crippen LogP contribution >= 0.6 is 15.9 Å². The summed E-state index contributed by atoms with van der Waals surface area (Å²) in [5.41, 5.74) is 1.05. The van der Waals surface area contributed by atoms with Gasteiger partial charge in [0.1, 0.15) is 0 Å². The molecule has 2 saturated heterocycles. The predicted octanol–water partition coefficient (Wildman–Crippen LogP) is 2.32. The molecule has 0 bridgehead atoms. The minimum atomic E-state index is -2.61. The van der Waals surface area contributed by atoms with E-state index in [9.17, 15) is 8.63 Å². The van der Waals surface area contributed by atoms with Gasteiger partial charge in [-0.3, -0.25) is 0 Å². The summed E-state index contributed by atoms with van der Waals surface area (Å²) in [7, 11) is 0. The number of carbonyl (C=O) groups is 1. The average Bonchev–Trinajstić information content (AvgIpc) is 3.15.